The van der Waals surface area contributed by atoms with Gasteiger partial charge in [0.05, 0.1) is 7.11 Å². The SMILES string of the molecule is COc1ccc2c(c1)N(C)CC(N)C2. The van der Waals surface area contributed by atoms with Gasteiger partial charge in [-0.3, -0.25) is 0 Å². The minimum Gasteiger partial charge on any atom is -0.497 e. The van der Waals surface area contributed by atoms with E-state index in [1.807, 2.05) is 6.07 Å². The van der Waals surface area contributed by atoms with E-state index in [2.05, 4.69) is 24.1 Å². The third kappa shape index (κ3) is 1.55. The van der Waals surface area contributed by atoms with Crippen LogP contribution in [0, 0.1) is 0 Å². The zero-order chi connectivity index (χ0) is 10.1. The van der Waals surface area contributed by atoms with Crippen molar-refractivity contribution < 1.29 is 4.74 Å². The Labute approximate surface area is 84.5 Å². The molecule has 0 spiro atoms. The summed E-state index contributed by atoms with van der Waals surface area (Å²) in [7, 11) is 3.76. The first-order chi connectivity index (χ1) is 6.70. The second kappa shape index (κ2) is 3.50. The van der Waals surface area contributed by atoms with Crippen molar-refractivity contribution in [2.24, 2.45) is 5.73 Å². The standard InChI is InChI=1S/C11H16N2O/c1-13-7-9(12)5-8-3-4-10(14-2)6-11(8)13/h3-4,6,9H,5,7,12H2,1-2H3. The number of hydrogen-bond donors (Lipinski definition) is 1. The lowest BCUT2D eigenvalue weighted by Gasteiger charge is -2.31. The quantitative estimate of drug-likeness (QED) is 0.722. The lowest BCUT2D eigenvalue weighted by molar-refractivity contribution is 0.414. The average molecular weight is 192 g/mol. The fourth-order valence-electron chi connectivity index (χ4n) is 2.00. The van der Waals surface area contributed by atoms with Crippen LogP contribution < -0.4 is 15.4 Å². The molecule has 0 radical (unpaired) electrons. The molecule has 3 nitrogen and oxygen atoms in total. The number of fused-ring (bicyclic) bond motifs is 1. The van der Waals surface area contributed by atoms with Gasteiger partial charge in [-0.1, -0.05) is 6.07 Å². The molecule has 2 rings (SSSR count). The number of nitrogens with zero attached hydrogens (tertiary/aromatic N) is 1. The summed E-state index contributed by atoms with van der Waals surface area (Å²) in [6.45, 7) is 0.917. The van der Waals surface area contributed by atoms with Gasteiger partial charge in [0.15, 0.2) is 0 Å². The van der Waals surface area contributed by atoms with Crippen LogP contribution in [-0.2, 0) is 6.42 Å². The molecule has 1 aromatic rings. The molecule has 1 unspecified atom stereocenters. The molecule has 0 fully saturated rings. The summed E-state index contributed by atoms with van der Waals surface area (Å²) >= 11 is 0. The number of likely N-dealkylation sites (N-methyl/N-ethyl adjacent to an activating group) is 1. The molecule has 1 aromatic carbocycles. The molecular formula is C11H16N2O. The normalized spacial score (nSPS) is 20.5. The molecule has 14 heavy (non-hydrogen) atoms. The number of ether oxygens (including phenoxy) is 1. The van der Waals surface area contributed by atoms with E-state index in [1.165, 1.54) is 11.3 Å². The predicted molar refractivity (Wildman–Crippen MR) is 57.9 cm³/mol. The van der Waals surface area contributed by atoms with Crippen molar-refractivity contribution in [3.8, 4) is 5.75 Å². The zero-order valence-electron chi connectivity index (χ0n) is 8.66. The van der Waals surface area contributed by atoms with Gasteiger partial charge in [-0.25, -0.2) is 0 Å². The molecule has 1 atom stereocenters. The van der Waals surface area contributed by atoms with E-state index in [0.717, 1.165) is 18.7 Å². The number of methoxy groups -OCH3 is 1. The molecule has 3 heteroatoms. The summed E-state index contributed by atoms with van der Waals surface area (Å²) in [6, 6.07) is 6.41. The maximum absolute atomic E-state index is 5.94. The predicted octanol–water partition coefficient (Wildman–Crippen LogP) is 1.01. The molecule has 0 aromatic heterocycles. The number of nitrogens with two attached hydrogens (primary N) is 1. The Morgan fingerprint density at radius 3 is 3.00 bits per heavy atom. The van der Waals surface area contributed by atoms with Crippen LogP contribution in [0.1, 0.15) is 5.56 Å². The summed E-state index contributed by atoms with van der Waals surface area (Å²) in [5.74, 6) is 0.908. The van der Waals surface area contributed by atoms with Gasteiger partial charge >= 0.3 is 0 Å². The van der Waals surface area contributed by atoms with Crippen molar-refractivity contribution in [2.45, 2.75) is 12.5 Å². The fourth-order valence-corrected chi connectivity index (χ4v) is 2.00. The van der Waals surface area contributed by atoms with E-state index in [-0.39, 0.29) is 6.04 Å². The molecule has 0 bridgehead atoms. The first kappa shape index (κ1) is 9.34. The Morgan fingerprint density at radius 1 is 1.50 bits per heavy atom. The van der Waals surface area contributed by atoms with Crippen molar-refractivity contribution >= 4 is 5.69 Å². The summed E-state index contributed by atoms with van der Waals surface area (Å²) in [6.07, 6.45) is 0.962. The van der Waals surface area contributed by atoms with Gasteiger partial charge in [0.25, 0.3) is 0 Å². The van der Waals surface area contributed by atoms with Gasteiger partial charge in [-0.2, -0.15) is 0 Å². The molecule has 1 aliphatic rings. The maximum Gasteiger partial charge on any atom is 0.120 e. The Morgan fingerprint density at radius 2 is 2.29 bits per heavy atom. The highest BCUT2D eigenvalue weighted by Crippen LogP contribution is 2.29. The first-order valence-electron chi connectivity index (χ1n) is 4.84. The number of benzene rings is 1. The molecule has 1 heterocycles. The van der Waals surface area contributed by atoms with Crippen LogP contribution in [0.3, 0.4) is 0 Å². The van der Waals surface area contributed by atoms with Crippen LogP contribution >= 0.6 is 0 Å². The van der Waals surface area contributed by atoms with Crippen molar-refractivity contribution in [1.29, 1.82) is 0 Å². The van der Waals surface area contributed by atoms with Gasteiger partial charge in [-0.15, -0.1) is 0 Å². The molecule has 0 saturated heterocycles. The van der Waals surface area contributed by atoms with Crippen LogP contribution in [-0.4, -0.2) is 26.7 Å². The van der Waals surface area contributed by atoms with E-state index in [9.17, 15) is 0 Å². The van der Waals surface area contributed by atoms with Crippen molar-refractivity contribution in [1.82, 2.24) is 0 Å². The number of anilines is 1. The Hall–Kier alpha value is -1.22. The maximum atomic E-state index is 5.94. The average Bonchev–Trinajstić information content (AvgIpc) is 2.17. The largest absolute Gasteiger partial charge is 0.497 e. The topological polar surface area (TPSA) is 38.5 Å². The molecule has 0 saturated carbocycles. The molecule has 1 aliphatic heterocycles. The molecule has 2 N–H and O–H groups in total. The molecular weight excluding hydrogens is 176 g/mol. The van der Waals surface area contributed by atoms with Crippen LogP contribution in [0.5, 0.6) is 5.75 Å². The third-order valence-electron chi connectivity index (χ3n) is 2.69. The van der Waals surface area contributed by atoms with E-state index in [0.29, 0.717) is 0 Å². The van der Waals surface area contributed by atoms with Gasteiger partial charge in [0.1, 0.15) is 5.75 Å². The Balaban J connectivity index is 2.39. The molecule has 0 amide bonds. The monoisotopic (exact) mass is 192 g/mol. The zero-order valence-corrected chi connectivity index (χ0v) is 8.66. The van der Waals surface area contributed by atoms with Gasteiger partial charge in [0.2, 0.25) is 0 Å². The van der Waals surface area contributed by atoms with Crippen LogP contribution in [0.4, 0.5) is 5.69 Å². The fraction of sp³-hybridized carbons (Fsp3) is 0.455. The van der Waals surface area contributed by atoms with Crippen molar-refractivity contribution in [2.75, 3.05) is 25.6 Å². The second-order valence-electron chi connectivity index (χ2n) is 3.84. The highest BCUT2D eigenvalue weighted by Gasteiger charge is 2.19. The lowest BCUT2D eigenvalue weighted by Crippen LogP contribution is -2.41. The number of hydrogen-bond acceptors (Lipinski definition) is 3. The third-order valence-corrected chi connectivity index (χ3v) is 2.69. The van der Waals surface area contributed by atoms with Crippen LogP contribution in [0.15, 0.2) is 18.2 Å². The summed E-state index contributed by atoms with van der Waals surface area (Å²) in [4.78, 5) is 2.19. The van der Waals surface area contributed by atoms with Gasteiger partial charge < -0.3 is 15.4 Å². The van der Waals surface area contributed by atoms with Crippen LogP contribution in [0.2, 0.25) is 0 Å². The van der Waals surface area contributed by atoms with Crippen molar-refractivity contribution in [3.63, 3.8) is 0 Å². The van der Waals surface area contributed by atoms with E-state index >= 15 is 0 Å². The molecule has 0 aliphatic carbocycles. The summed E-state index contributed by atoms with van der Waals surface area (Å²) in [5, 5.41) is 0. The van der Waals surface area contributed by atoms with Gasteiger partial charge in [-0.05, 0) is 18.1 Å². The summed E-state index contributed by atoms with van der Waals surface area (Å²) in [5.41, 5.74) is 8.49. The van der Waals surface area contributed by atoms with E-state index in [1.54, 1.807) is 7.11 Å². The first-order valence-corrected chi connectivity index (χ1v) is 4.84. The number of rotatable bonds is 1. The van der Waals surface area contributed by atoms with Crippen molar-refractivity contribution in [3.05, 3.63) is 23.8 Å². The summed E-state index contributed by atoms with van der Waals surface area (Å²) < 4.78 is 5.20. The smallest absolute Gasteiger partial charge is 0.120 e. The minimum atomic E-state index is 0.251. The lowest BCUT2D eigenvalue weighted by atomic mass is 9.99. The van der Waals surface area contributed by atoms with Gasteiger partial charge in [0, 0.05) is 31.4 Å². The Bertz CT molecular complexity index is 338. The molecule has 76 valence electrons. The van der Waals surface area contributed by atoms with E-state index in [4.69, 9.17) is 10.5 Å². The van der Waals surface area contributed by atoms with Crippen LogP contribution in [0.25, 0.3) is 0 Å². The highest BCUT2D eigenvalue weighted by atomic mass is 16.5. The minimum absolute atomic E-state index is 0.251. The van der Waals surface area contributed by atoms with E-state index < -0.39 is 0 Å². The Kier molecular flexibility index (Phi) is 2.33. The second-order valence-corrected chi connectivity index (χ2v) is 3.84. The highest BCUT2D eigenvalue weighted by molar-refractivity contribution is 5.59.